The number of oxazole rings is 1. The van der Waals surface area contributed by atoms with Gasteiger partial charge in [-0.3, -0.25) is 4.79 Å². The molecule has 3 N–H and O–H groups in total. The van der Waals surface area contributed by atoms with Gasteiger partial charge in [0.2, 0.25) is 0 Å². The highest BCUT2D eigenvalue weighted by Crippen LogP contribution is 2.31. The molecule has 1 amide bonds. The predicted molar refractivity (Wildman–Crippen MR) is 133 cm³/mol. The molecule has 2 aromatic carbocycles. The van der Waals surface area contributed by atoms with Gasteiger partial charge in [0.05, 0.1) is 18.8 Å². The lowest BCUT2D eigenvalue weighted by Crippen LogP contribution is -2.43. The Hall–Kier alpha value is -3.26. The Balaban J connectivity index is 1.70. The van der Waals surface area contributed by atoms with Gasteiger partial charge in [0, 0.05) is 18.7 Å². The van der Waals surface area contributed by atoms with Crippen molar-refractivity contribution in [3.05, 3.63) is 47.5 Å². The molecule has 1 aliphatic rings. The number of nitrogens with one attached hydrogen (secondary N) is 1. The standard InChI is InChI=1S/C26H34N4O4/c1-4-32-20-12-18(13-21(14-20)33-16-17(2)3)15-30(19-8-10-28-11-9-19)26-29-24-22(25(27)31)6-5-7-23(24)34-26/h5-7,12-14,17,19,28H,4,8-11,15-16H2,1-3H3,(H2,27,31). The topological polar surface area (TPSA) is 103 Å². The number of benzene rings is 2. The minimum Gasteiger partial charge on any atom is -0.494 e. The van der Waals surface area contributed by atoms with Crippen LogP contribution in [0.5, 0.6) is 11.5 Å². The Morgan fingerprint density at radius 3 is 2.62 bits per heavy atom. The molecule has 1 aromatic heterocycles. The fourth-order valence-corrected chi connectivity index (χ4v) is 4.24. The lowest BCUT2D eigenvalue weighted by Gasteiger charge is -2.33. The summed E-state index contributed by atoms with van der Waals surface area (Å²) in [5.74, 6) is 1.46. The van der Waals surface area contributed by atoms with Crippen LogP contribution in [0.25, 0.3) is 11.1 Å². The van der Waals surface area contributed by atoms with E-state index < -0.39 is 5.91 Å². The number of fused-ring (bicyclic) bond motifs is 1. The van der Waals surface area contributed by atoms with Crippen molar-refractivity contribution in [2.24, 2.45) is 11.7 Å². The second-order valence-corrected chi connectivity index (χ2v) is 9.07. The van der Waals surface area contributed by atoms with Crippen LogP contribution in [0.2, 0.25) is 0 Å². The first kappa shape index (κ1) is 23.9. The van der Waals surface area contributed by atoms with E-state index in [-0.39, 0.29) is 6.04 Å². The predicted octanol–water partition coefficient (Wildman–Crippen LogP) is 4.12. The van der Waals surface area contributed by atoms with Crippen LogP contribution in [-0.4, -0.2) is 43.2 Å². The van der Waals surface area contributed by atoms with Gasteiger partial charge in [-0.2, -0.15) is 4.98 Å². The van der Waals surface area contributed by atoms with Crippen LogP contribution >= 0.6 is 0 Å². The summed E-state index contributed by atoms with van der Waals surface area (Å²) in [4.78, 5) is 18.8. The molecule has 0 unspecified atom stereocenters. The molecular formula is C26H34N4O4. The molecule has 0 radical (unpaired) electrons. The first-order valence-electron chi connectivity index (χ1n) is 12.0. The molecule has 0 saturated carbocycles. The Bertz CT molecular complexity index is 1120. The highest BCUT2D eigenvalue weighted by molar-refractivity contribution is 6.03. The molecule has 0 bridgehead atoms. The van der Waals surface area contributed by atoms with Crippen LogP contribution in [0.3, 0.4) is 0 Å². The number of carbonyl (C=O) groups is 1. The summed E-state index contributed by atoms with van der Waals surface area (Å²) in [5.41, 5.74) is 8.02. The third-order valence-electron chi connectivity index (χ3n) is 5.86. The van der Waals surface area contributed by atoms with Crippen molar-refractivity contribution in [3.63, 3.8) is 0 Å². The fraction of sp³-hybridized carbons (Fsp3) is 0.462. The van der Waals surface area contributed by atoms with E-state index >= 15 is 0 Å². The highest BCUT2D eigenvalue weighted by atomic mass is 16.5. The number of anilines is 1. The quantitative estimate of drug-likeness (QED) is 0.463. The van der Waals surface area contributed by atoms with Crippen molar-refractivity contribution in [1.82, 2.24) is 10.3 Å². The third-order valence-corrected chi connectivity index (χ3v) is 5.86. The number of hydrogen-bond donors (Lipinski definition) is 2. The SMILES string of the molecule is CCOc1cc(CN(c2nc3c(C(N)=O)cccc3o2)C2CCNCC2)cc(OCC(C)C)c1. The number of aromatic nitrogens is 1. The highest BCUT2D eigenvalue weighted by Gasteiger charge is 2.27. The maximum absolute atomic E-state index is 11.9. The van der Waals surface area contributed by atoms with Gasteiger partial charge in [-0.15, -0.1) is 0 Å². The Morgan fingerprint density at radius 1 is 1.21 bits per heavy atom. The van der Waals surface area contributed by atoms with Crippen LogP contribution in [0, 0.1) is 5.92 Å². The molecule has 1 fully saturated rings. The van der Waals surface area contributed by atoms with Crippen LogP contribution in [0.15, 0.2) is 40.8 Å². The zero-order chi connectivity index (χ0) is 24.1. The first-order valence-corrected chi connectivity index (χ1v) is 12.0. The number of para-hydroxylation sites is 1. The van der Waals surface area contributed by atoms with Gasteiger partial charge in [-0.1, -0.05) is 19.9 Å². The van der Waals surface area contributed by atoms with Crippen LogP contribution in [0.1, 0.15) is 49.5 Å². The zero-order valence-corrected chi connectivity index (χ0v) is 20.2. The molecule has 2 heterocycles. The van der Waals surface area contributed by atoms with Crippen molar-refractivity contribution >= 4 is 23.0 Å². The Kier molecular flexibility index (Phi) is 7.57. The minimum atomic E-state index is -0.518. The molecule has 1 saturated heterocycles. The van der Waals surface area contributed by atoms with E-state index in [2.05, 4.69) is 30.1 Å². The third kappa shape index (κ3) is 5.62. The number of nitrogens with zero attached hydrogens (tertiary/aromatic N) is 2. The number of carbonyl (C=O) groups excluding carboxylic acids is 1. The zero-order valence-electron chi connectivity index (χ0n) is 20.2. The molecule has 8 heteroatoms. The maximum Gasteiger partial charge on any atom is 0.298 e. The van der Waals surface area contributed by atoms with Gasteiger partial charge in [-0.25, -0.2) is 0 Å². The number of rotatable bonds is 10. The fourth-order valence-electron chi connectivity index (χ4n) is 4.24. The van der Waals surface area contributed by atoms with Crippen LogP contribution in [0.4, 0.5) is 6.01 Å². The number of ether oxygens (including phenoxy) is 2. The van der Waals surface area contributed by atoms with Gasteiger partial charge < -0.3 is 29.8 Å². The molecule has 34 heavy (non-hydrogen) atoms. The van der Waals surface area contributed by atoms with Gasteiger partial charge in [0.1, 0.15) is 17.0 Å². The molecule has 8 nitrogen and oxygen atoms in total. The summed E-state index contributed by atoms with van der Waals surface area (Å²) < 4.78 is 18.0. The monoisotopic (exact) mass is 466 g/mol. The number of nitrogens with two attached hydrogens (primary N) is 1. The number of piperidine rings is 1. The maximum atomic E-state index is 11.9. The Labute approximate surface area is 200 Å². The van der Waals surface area contributed by atoms with Gasteiger partial charge in [0.15, 0.2) is 5.58 Å². The van der Waals surface area contributed by atoms with E-state index in [1.54, 1.807) is 12.1 Å². The van der Waals surface area contributed by atoms with Gasteiger partial charge >= 0.3 is 0 Å². The molecule has 3 aromatic rings. The first-order chi connectivity index (χ1) is 16.4. The Morgan fingerprint density at radius 2 is 1.94 bits per heavy atom. The van der Waals surface area contributed by atoms with E-state index in [0.29, 0.717) is 48.4 Å². The van der Waals surface area contributed by atoms with Crippen molar-refractivity contribution < 1.29 is 18.7 Å². The molecule has 1 aliphatic heterocycles. The van der Waals surface area contributed by atoms with E-state index in [0.717, 1.165) is 43.0 Å². The van der Waals surface area contributed by atoms with E-state index in [1.165, 1.54) is 0 Å². The number of amides is 1. The average Bonchev–Trinajstić information content (AvgIpc) is 3.26. The minimum absolute atomic E-state index is 0.238. The normalized spacial score (nSPS) is 14.5. The second-order valence-electron chi connectivity index (χ2n) is 9.07. The van der Waals surface area contributed by atoms with Crippen LogP contribution in [-0.2, 0) is 6.54 Å². The summed E-state index contributed by atoms with van der Waals surface area (Å²) in [6.45, 7) is 9.85. The summed E-state index contributed by atoms with van der Waals surface area (Å²) in [6, 6.07) is 12.0. The number of hydrogen-bond acceptors (Lipinski definition) is 7. The average molecular weight is 467 g/mol. The number of primary amides is 1. The summed E-state index contributed by atoms with van der Waals surface area (Å²) in [7, 11) is 0. The van der Waals surface area contributed by atoms with Crippen molar-refractivity contribution in [2.75, 3.05) is 31.2 Å². The van der Waals surface area contributed by atoms with E-state index in [1.807, 2.05) is 25.1 Å². The van der Waals surface area contributed by atoms with Crippen molar-refractivity contribution in [2.45, 2.75) is 46.2 Å². The van der Waals surface area contributed by atoms with E-state index in [9.17, 15) is 4.79 Å². The summed E-state index contributed by atoms with van der Waals surface area (Å²) in [5, 5.41) is 3.42. The van der Waals surface area contributed by atoms with Crippen molar-refractivity contribution in [1.29, 1.82) is 0 Å². The lowest BCUT2D eigenvalue weighted by molar-refractivity contribution is 0.100. The van der Waals surface area contributed by atoms with Gasteiger partial charge in [0.25, 0.3) is 11.9 Å². The smallest absolute Gasteiger partial charge is 0.298 e. The lowest BCUT2D eigenvalue weighted by atomic mass is 10.0. The molecule has 4 rings (SSSR count). The molecule has 0 atom stereocenters. The van der Waals surface area contributed by atoms with Crippen LogP contribution < -0.4 is 25.4 Å². The van der Waals surface area contributed by atoms with E-state index in [4.69, 9.17) is 24.6 Å². The van der Waals surface area contributed by atoms with Crippen molar-refractivity contribution in [3.8, 4) is 11.5 Å². The molecular weight excluding hydrogens is 432 g/mol. The largest absolute Gasteiger partial charge is 0.494 e. The molecule has 0 spiro atoms. The second kappa shape index (κ2) is 10.8. The molecule has 182 valence electrons. The molecule has 0 aliphatic carbocycles. The summed E-state index contributed by atoms with van der Waals surface area (Å²) in [6.07, 6.45) is 1.92. The summed E-state index contributed by atoms with van der Waals surface area (Å²) >= 11 is 0. The van der Waals surface area contributed by atoms with Gasteiger partial charge in [-0.05, 0) is 68.6 Å².